The average Bonchev–Trinajstić information content (AvgIpc) is 2.52. The Kier molecular flexibility index (Phi) is 3.31. The molecule has 0 unspecified atom stereocenters. The topological polar surface area (TPSA) is 70.1 Å². The van der Waals surface area contributed by atoms with E-state index in [0.29, 0.717) is 23.6 Å². The van der Waals surface area contributed by atoms with Gasteiger partial charge in [0.05, 0.1) is 13.7 Å². The lowest BCUT2D eigenvalue weighted by atomic mass is 10.1. The molecular weight excluding hydrogens is 266 g/mol. The van der Waals surface area contributed by atoms with Crippen LogP contribution in [-0.2, 0) is 6.54 Å². The number of nitrogen functional groups attached to an aromatic ring is 1. The minimum atomic E-state index is -0.0959. The first-order valence-electron chi connectivity index (χ1n) is 6.56. The molecule has 5 heteroatoms. The molecule has 106 valence electrons. The third kappa shape index (κ3) is 2.45. The van der Waals surface area contributed by atoms with Crippen LogP contribution in [0.1, 0.15) is 5.56 Å². The highest BCUT2D eigenvalue weighted by molar-refractivity contribution is 5.83. The van der Waals surface area contributed by atoms with Crippen molar-refractivity contribution in [3.05, 3.63) is 64.6 Å². The van der Waals surface area contributed by atoms with E-state index in [-0.39, 0.29) is 5.56 Å². The van der Waals surface area contributed by atoms with Crippen molar-refractivity contribution in [1.29, 1.82) is 0 Å². The van der Waals surface area contributed by atoms with Crippen molar-refractivity contribution in [1.82, 2.24) is 9.55 Å². The fourth-order valence-corrected chi connectivity index (χ4v) is 2.29. The molecule has 0 atom stereocenters. The van der Waals surface area contributed by atoms with Gasteiger partial charge in [0.25, 0.3) is 5.56 Å². The minimum Gasteiger partial charge on any atom is -0.481 e. The standard InChI is InChI=1S/C16H15N3O2/c1-21-15-7-6-11(9-18-15)10-19-14(17)8-12-4-2-3-5-13(12)16(19)20/h2-9H,10,17H2,1H3. The number of nitrogens with two attached hydrogens (primary N) is 1. The van der Waals surface area contributed by atoms with Crippen LogP contribution in [0.3, 0.4) is 0 Å². The quantitative estimate of drug-likeness (QED) is 0.797. The van der Waals surface area contributed by atoms with E-state index in [1.54, 1.807) is 30.0 Å². The molecular formula is C16H15N3O2. The van der Waals surface area contributed by atoms with Gasteiger partial charge in [-0.1, -0.05) is 24.3 Å². The minimum absolute atomic E-state index is 0.0959. The maximum atomic E-state index is 12.5. The zero-order chi connectivity index (χ0) is 14.8. The Morgan fingerprint density at radius 3 is 2.76 bits per heavy atom. The molecule has 0 bridgehead atoms. The zero-order valence-electron chi connectivity index (χ0n) is 11.6. The predicted octanol–water partition coefficient (Wildman–Crippen LogP) is 2.04. The number of hydrogen-bond donors (Lipinski definition) is 1. The third-order valence-corrected chi connectivity index (χ3v) is 3.40. The van der Waals surface area contributed by atoms with Crippen LogP contribution in [0.25, 0.3) is 10.8 Å². The van der Waals surface area contributed by atoms with Crippen molar-refractivity contribution < 1.29 is 4.74 Å². The highest BCUT2D eigenvalue weighted by Gasteiger charge is 2.07. The van der Waals surface area contributed by atoms with Crippen LogP contribution in [0.5, 0.6) is 5.88 Å². The fraction of sp³-hybridized carbons (Fsp3) is 0.125. The summed E-state index contributed by atoms with van der Waals surface area (Å²) in [5.41, 5.74) is 6.80. The summed E-state index contributed by atoms with van der Waals surface area (Å²) in [6.07, 6.45) is 1.68. The van der Waals surface area contributed by atoms with E-state index in [1.165, 1.54) is 0 Å². The molecule has 3 rings (SSSR count). The monoisotopic (exact) mass is 281 g/mol. The smallest absolute Gasteiger partial charge is 0.260 e. The molecule has 0 saturated heterocycles. The normalized spacial score (nSPS) is 10.7. The number of pyridine rings is 2. The summed E-state index contributed by atoms with van der Waals surface area (Å²) in [5.74, 6) is 0.979. The Hall–Kier alpha value is -2.82. The van der Waals surface area contributed by atoms with E-state index < -0.39 is 0 Å². The van der Waals surface area contributed by atoms with Crippen molar-refractivity contribution in [3.8, 4) is 5.88 Å². The molecule has 2 heterocycles. The lowest BCUT2D eigenvalue weighted by Gasteiger charge is -2.11. The van der Waals surface area contributed by atoms with Crippen LogP contribution in [0, 0.1) is 0 Å². The van der Waals surface area contributed by atoms with Gasteiger partial charge in [0.1, 0.15) is 5.82 Å². The van der Waals surface area contributed by atoms with Gasteiger partial charge in [-0.05, 0) is 23.1 Å². The van der Waals surface area contributed by atoms with Crippen LogP contribution in [0.15, 0.2) is 53.5 Å². The van der Waals surface area contributed by atoms with Gasteiger partial charge in [-0.2, -0.15) is 0 Å². The Labute approximate surface area is 121 Å². The Morgan fingerprint density at radius 2 is 2.05 bits per heavy atom. The largest absolute Gasteiger partial charge is 0.481 e. The number of fused-ring (bicyclic) bond motifs is 1. The molecule has 1 aromatic carbocycles. The Balaban J connectivity index is 2.05. The van der Waals surface area contributed by atoms with E-state index in [2.05, 4.69) is 4.98 Å². The maximum Gasteiger partial charge on any atom is 0.260 e. The van der Waals surface area contributed by atoms with Gasteiger partial charge in [0.15, 0.2) is 0 Å². The molecule has 2 aromatic heterocycles. The Bertz CT molecular complexity index is 838. The highest BCUT2D eigenvalue weighted by atomic mass is 16.5. The summed E-state index contributed by atoms with van der Waals surface area (Å²) < 4.78 is 6.57. The SMILES string of the molecule is COc1ccc(Cn2c(N)cc3ccccc3c2=O)cn1. The molecule has 0 spiro atoms. The number of anilines is 1. The van der Waals surface area contributed by atoms with Crippen molar-refractivity contribution in [2.24, 2.45) is 0 Å². The second-order valence-corrected chi connectivity index (χ2v) is 4.76. The Morgan fingerprint density at radius 1 is 1.24 bits per heavy atom. The highest BCUT2D eigenvalue weighted by Crippen LogP contribution is 2.15. The van der Waals surface area contributed by atoms with E-state index in [4.69, 9.17) is 10.5 Å². The zero-order valence-corrected chi connectivity index (χ0v) is 11.6. The van der Waals surface area contributed by atoms with Crippen LogP contribution >= 0.6 is 0 Å². The lowest BCUT2D eigenvalue weighted by Crippen LogP contribution is -2.23. The van der Waals surface area contributed by atoms with Crippen LogP contribution in [0.2, 0.25) is 0 Å². The van der Waals surface area contributed by atoms with Gasteiger partial charge in [-0.25, -0.2) is 4.98 Å². The molecule has 0 fully saturated rings. The van der Waals surface area contributed by atoms with Crippen molar-refractivity contribution in [3.63, 3.8) is 0 Å². The number of ether oxygens (including phenoxy) is 1. The number of aromatic nitrogens is 2. The molecule has 0 aliphatic rings. The maximum absolute atomic E-state index is 12.5. The molecule has 3 aromatic rings. The van der Waals surface area contributed by atoms with Gasteiger partial charge in [0, 0.05) is 17.6 Å². The second-order valence-electron chi connectivity index (χ2n) is 4.76. The fourth-order valence-electron chi connectivity index (χ4n) is 2.29. The summed E-state index contributed by atoms with van der Waals surface area (Å²) in [6, 6.07) is 12.9. The molecule has 5 nitrogen and oxygen atoms in total. The number of hydrogen-bond acceptors (Lipinski definition) is 4. The molecule has 0 saturated carbocycles. The third-order valence-electron chi connectivity index (χ3n) is 3.40. The van der Waals surface area contributed by atoms with Crippen LogP contribution < -0.4 is 16.0 Å². The number of benzene rings is 1. The molecule has 0 amide bonds. The van der Waals surface area contributed by atoms with Crippen molar-refractivity contribution in [2.75, 3.05) is 12.8 Å². The molecule has 0 radical (unpaired) electrons. The first-order chi connectivity index (χ1) is 10.2. The van der Waals surface area contributed by atoms with Gasteiger partial charge < -0.3 is 10.5 Å². The summed E-state index contributed by atoms with van der Waals surface area (Å²) >= 11 is 0. The number of methoxy groups -OCH3 is 1. The molecule has 2 N–H and O–H groups in total. The average molecular weight is 281 g/mol. The van der Waals surface area contributed by atoms with Crippen molar-refractivity contribution >= 4 is 16.6 Å². The molecule has 0 aliphatic heterocycles. The summed E-state index contributed by atoms with van der Waals surface area (Å²) in [6.45, 7) is 0.381. The van der Waals surface area contributed by atoms with E-state index in [1.807, 2.05) is 30.3 Å². The van der Waals surface area contributed by atoms with Gasteiger partial charge in [0.2, 0.25) is 5.88 Å². The first kappa shape index (κ1) is 13.2. The summed E-state index contributed by atoms with van der Waals surface area (Å²) in [4.78, 5) is 16.7. The first-order valence-corrected chi connectivity index (χ1v) is 6.56. The van der Waals surface area contributed by atoms with Gasteiger partial charge >= 0.3 is 0 Å². The predicted molar refractivity (Wildman–Crippen MR) is 82.5 cm³/mol. The van der Waals surface area contributed by atoms with E-state index in [9.17, 15) is 4.79 Å². The van der Waals surface area contributed by atoms with Crippen LogP contribution in [-0.4, -0.2) is 16.7 Å². The summed E-state index contributed by atoms with van der Waals surface area (Å²) in [5, 5.41) is 1.51. The number of nitrogens with zero attached hydrogens (tertiary/aromatic N) is 2. The van der Waals surface area contributed by atoms with E-state index >= 15 is 0 Å². The van der Waals surface area contributed by atoms with E-state index in [0.717, 1.165) is 10.9 Å². The van der Waals surface area contributed by atoms with Gasteiger partial charge in [-0.15, -0.1) is 0 Å². The molecule has 0 aliphatic carbocycles. The van der Waals surface area contributed by atoms with Crippen LogP contribution in [0.4, 0.5) is 5.82 Å². The summed E-state index contributed by atoms with van der Waals surface area (Å²) in [7, 11) is 1.56. The molecule has 21 heavy (non-hydrogen) atoms. The second kappa shape index (κ2) is 5.28. The van der Waals surface area contributed by atoms with Gasteiger partial charge in [-0.3, -0.25) is 9.36 Å². The number of rotatable bonds is 3. The van der Waals surface area contributed by atoms with Crippen molar-refractivity contribution in [2.45, 2.75) is 6.54 Å². The lowest BCUT2D eigenvalue weighted by molar-refractivity contribution is 0.397.